The molecule has 1 heterocycles. The van der Waals surface area contributed by atoms with Crippen LogP contribution >= 0.6 is 15.9 Å². The Kier molecular flexibility index (Phi) is 6.82. The molecule has 0 saturated carbocycles. The van der Waals surface area contributed by atoms with Gasteiger partial charge in [0.05, 0.1) is 23.0 Å². The van der Waals surface area contributed by atoms with Gasteiger partial charge < -0.3 is 10.1 Å². The van der Waals surface area contributed by atoms with Crippen molar-refractivity contribution >= 4 is 27.8 Å². The zero-order valence-electron chi connectivity index (χ0n) is 16.2. The first-order valence-electron chi connectivity index (χ1n) is 9.30. The van der Waals surface area contributed by atoms with Crippen LogP contribution in [-0.2, 0) is 9.53 Å². The van der Waals surface area contributed by atoms with Gasteiger partial charge in [-0.3, -0.25) is 14.7 Å². The van der Waals surface area contributed by atoms with E-state index in [4.69, 9.17) is 4.74 Å². The van der Waals surface area contributed by atoms with Gasteiger partial charge in [-0.15, -0.1) is 0 Å². The summed E-state index contributed by atoms with van der Waals surface area (Å²) in [6, 6.07) is 18.4. The molecule has 3 aromatic rings. The second-order valence-corrected chi connectivity index (χ2v) is 7.60. The van der Waals surface area contributed by atoms with Crippen LogP contribution in [0.3, 0.4) is 0 Å². The third-order valence-corrected chi connectivity index (χ3v) is 5.00. The molecule has 150 valence electrons. The number of nitrogens with zero attached hydrogens (tertiary/aromatic N) is 1. The molecule has 0 aliphatic carbocycles. The topological polar surface area (TPSA) is 84.1 Å². The number of hydrogen-bond donors (Lipinski definition) is 2. The van der Waals surface area contributed by atoms with Crippen LogP contribution in [0.4, 0.5) is 0 Å². The fourth-order valence-electron chi connectivity index (χ4n) is 2.91. The maximum atomic E-state index is 12.9. The van der Waals surface area contributed by atoms with Crippen molar-refractivity contribution in [3.63, 3.8) is 0 Å². The summed E-state index contributed by atoms with van der Waals surface area (Å²) in [6.45, 7) is 3.58. The molecule has 1 atom stereocenters. The molecule has 1 amide bonds. The second kappa shape index (κ2) is 9.52. The van der Waals surface area contributed by atoms with Gasteiger partial charge in [-0.05, 0) is 35.3 Å². The first-order chi connectivity index (χ1) is 14.0. The third-order valence-electron chi connectivity index (χ3n) is 4.23. The largest absolute Gasteiger partial charge is 0.463 e. The Hall–Kier alpha value is -2.93. The van der Waals surface area contributed by atoms with E-state index in [1.165, 1.54) is 0 Å². The van der Waals surface area contributed by atoms with Crippen LogP contribution in [0, 0.1) is 0 Å². The molecule has 2 N–H and O–H groups in total. The van der Waals surface area contributed by atoms with Crippen molar-refractivity contribution < 1.29 is 14.3 Å². The van der Waals surface area contributed by atoms with E-state index in [1.807, 2.05) is 60.7 Å². The lowest BCUT2D eigenvalue weighted by molar-refractivity contribution is -0.147. The second-order valence-electron chi connectivity index (χ2n) is 6.81. The molecule has 0 bridgehead atoms. The van der Waals surface area contributed by atoms with E-state index in [1.54, 1.807) is 13.8 Å². The molecule has 0 saturated heterocycles. The zero-order valence-corrected chi connectivity index (χ0v) is 17.8. The van der Waals surface area contributed by atoms with Crippen molar-refractivity contribution in [3.8, 4) is 11.3 Å². The number of esters is 1. The summed E-state index contributed by atoms with van der Waals surface area (Å²) in [5.74, 6) is -0.736. The highest BCUT2D eigenvalue weighted by Gasteiger charge is 2.24. The smallest absolute Gasteiger partial charge is 0.308 e. The van der Waals surface area contributed by atoms with Gasteiger partial charge in [-0.1, -0.05) is 60.7 Å². The lowest BCUT2D eigenvalue weighted by Crippen LogP contribution is -2.31. The van der Waals surface area contributed by atoms with Crippen molar-refractivity contribution in [1.29, 1.82) is 0 Å². The minimum atomic E-state index is -0.523. The normalized spacial score (nSPS) is 11.9. The van der Waals surface area contributed by atoms with Gasteiger partial charge in [0, 0.05) is 5.56 Å². The van der Waals surface area contributed by atoms with Crippen LogP contribution in [0.25, 0.3) is 11.3 Å². The summed E-state index contributed by atoms with van der Waals surface area (Å²) in [6.07, 6.45) is -0.185. The van der Waals surface area contributed by atoms with Crippen LogP contribution in [0.5, 0.6) is 0 Å². The molecule has 0 fully saturated rings. The van der Waals surface area contributed by atoms with E-state index in [-0.39, 0.29) is 24.4 Å². The Morgan fingerprint density at radius 1 is 1.07 bits per heavy atom. The van der Waals surface area contributed by atoms with Gasteiger partial charge in [-0.2, -0.15) is 5.10 Å². The number of H-pyrrole nitrogens is 1. The van der Waals surface area contributed by atoms with Crippen molar-refractivity contribution in [2.24, 2.45) is 0 Å². The summed E-state index contributed by atoms with van der Waals surface area (Å²) in [4.78, 5) is 25.1. The first-order valence-corrected chi connectivity index (χ1v) is 10.1. The number of nitrogens with one attached hydrogen (secondary N) is 2. The maximum Gasteiger partial charge on any atom is 0.308 e. The molecule has 0 radical (unpaired) electrons. The number of hydrogen-bond acceptors (Lipinski definition) is 4. The number of carbonyl (C=O) groups is 2. The van der Waals surface area contributed by atoms with Gasteiger partial charge >= 0.3 is 5.97 Å². The average Bonchev–Trinajstić information content (AvgIpc) is 3.09. The predicted molar refractivity (Wildman–Crippen MR) is 114 cm³/mol. The van der Waals surface area contributed by atoms with Crippen molar-refractivity contribution in [1.82, 2.24) is 15.5 Å². The van der Waals surface area contributed by atoms with E-state index in [0.29, 0.717) is 15.9 Å². The number of aromatic nitrogens is 2. The van der Waals surface area contributed by atoms with Crippen LogP contribution in [0.15, 0.2) is 65.1 Å². The molecule has 0 aliphatic heterocycles. The van der Waals surface area contributed by atoms with Crippen LogP contribution in [0.1, 0.15) is 42.4 Å². The number of benzene rings is 2. The number of amides is 1. The monoisotopic (exact) mass is 455 g/mol. The summed E-state index contributed by atoms with van der Waals surface area (Å²) < 4.78 is 5.82. The maximum absolute atomic E-state index is 12.9. The molecule has 2 aromatic carbocycles. The van der Waals surface area contributed by atoms with Gasteiger partial charge in [0.15, 0.2) is 0 Å². The summed E-state index contributed by atoms with van der Waals surface area (Å²) in [7, 11) is 0. The van der Waals surface area contributed by atoms with E-state index in [9.17, 15) is 9.59 Å². The highest BCUT2D eigenvalue weighted by atomic mass is 79.9. The van der Waals surface area contributed by atoms with Crippen molar-refractivity contribution in [2.45, 2.75) is 32.4 Å². The molecule has 1 aromatic heterocycles. The fourth-order valence-corrected chi connectivity index (χ4v) is 3.50. The standard InChI is InChI=1S/C22H22BrN3O3/c1-14(2)29-18(27)13-17(15-9-5-3-6-10-15)24-22(28)21-19(23)20(25-26-21)16-11-7-4-8-12-16/h3-12,14,17H,13H2,1-2H3,(H,24,28)(H,25,26). The number of ether oxygens (including phenoxy) is 1. The number of carbonyl (C=O) groups excluding carboxylic acids is 2. The van der Waals surface area contributed by atoms with Gasteiger partial charge in [0.2, 0.25) is 0 Å². The SMILES string of the molecule is CC(C)OC(=O)CC(NC(=O)c1[nH]nc(-c2ccccc2)c1Br)c1ccccc1. The zero-order chi connectivity index (χ0) is 20.8. The third kappa shape index (κ3) is 5.32. The van der Waals surface area contributed by atoms with Crippen molar-refractivity contribution in [3.05, 3.63) is 76.4 Å². The minimum absolute atomic E-state index is 0.0330. The van der Waals surface area contributed by atoms with Crippen LogP contribution < -0.4 is 5.32 Å². The van der Waals surface area contributed by atoms with Crippen LogP contribution in [0.2, 0.25) is 0 Å². The molecule has 1 unspecified atom stereocenters. The molecule has 3 rings (SSSR count). The number of rotatable bonds is 7. The molecule has 29 heavy (non-hydrogen) atoms. The molecule has 6 nitrogen and oxygen atoms in total. The Bertz CT molecular complexity index is 971. The summed E-state index contributed by atoms with van der Waals surface area (Å²) in [5.41, 5.74) is 2.64. The predicted octanol–water partition coefficient (Wildman–Crippen LogP) is 4.65. The number of aromatic amines is 1. The Morgan fingerprint density at radius 2 is 1.69 bits per heavy atom. The molecular weight excluding hydrogens is 434 g/mol. The summed E-state index contributed by atoms with van der Waals surface area (Å²) >= 11 is 3.47. The molecule has 7 heteroatoms. The Labute approximate surface area is 177 Å². The first kappa shape index (κ1) is 20.8. The van der Waals surface area contributed by atoms with Gasteiger partial charge in [0.25, 0.3) is 5.91 Å². The molecular formula is C22H22BrN3O3. The highest BCUT2D eigenvalue weighted by molar-refractivity contribution is 9.10. The number of halogens is 1. The van der Waals surface area contributed by atoms with Gasteiger partial charge in [-0.25, -0.2) is 0 Å². The average molecular weight is 456 g/mol. The molecule has 0 aliphatic rings. The lowest BCUT2D eigenvalue weighted by atomic mass is 10.0. The highest BCUT2D eigenvalue weighted by Crippen LogP contribution is 2.29. The Balaban J connectivity index is 1.81. The lowest BCUT2D eigenvalue weighted by Gasteiger charge is -2.19. The Morgan fingerprint density at radius 3 is 2.31 bits per heavy atom. The van der Waals surface area contributed by atoms with E-state index in [2.05, 4.69) is 31.4 Å². The van der Waals surface area contributed by atoms with Gasteiger partial charge in [0.1, 0.15) is 11.4 Å². The van der Waals surface area contributed by atoms with Crippen molar-refractivity contribution in [2.75, 3.05) is 0 Å². The minimum Gasteiger partial charge on any atom is -0.463 e. The van der Waals surface area contributed by atoms with Crippen LogP contribution in [-0.4, -0.2) is 28.2 Å². The van der Waals surface area contributed by atoms with E-state index in [0.717, 1.165) is 11.1 Å². The molecule has 0 spiro atoms. The fraction of sp³-hybridized carbons (Fsp3) is 0.227. The van der Waals surface area contributed by atoms with E-state index >= 15 is 0 Å². The summed E-state index contributed by atoms with van der Waals surface area (Å²) in [5, 5.41) is 9.97. The van der Waals surface area contributed by atoms with E-state index < -0.39 is 6.04 Å². The quantitative estimate of drug-likeness (QED) is 0.507.